The van der Waals surface area contributed by atoms with Gasteiger partial charge in [0.25, 0.3) is 0 Å². The molecule has 0 saturated heterocycles. The number of hydrogen-bond acceptors (Lipinski definition) is 4. The van der Waals surface area contributed by atoms with Crippen molar-refractivity contribution >= 4 is 28.9 Å². The van der Waals surface area contributed by atoms with Gasteiger partial charge < -0.3 is 9.84 Å². The van der Waals surface area contributed by atoms with Crippen molar-refractivity contribution in [3.8, 4) is 11.5 Å². The SMILES string of the molecule is C=C(NOCCCCOc1c(Cl)cc(O)cc1Cl)c1ccc(C(F)(F)F)cc1. The number of alkyl halides is 3. The number of ether oxygens (including phenoxy) is 1. The van der Waals surface area contributed by atoms with E-state index in [9.17, 15) is 18.3 Å². The standard InChI is InChI=1S/C19H18Cl2F3NO3/c1-12(13-4-6-14(7-5-13)19(22,23)24)25-28-9-3-2-8-27-18-16(20)10-15(26)11-17(18)21/h4-7,10-11,25-26H,1-3,8-9H2. The first-order valence-electron chi connectivity index (χ1n) is 8.23. The Morgan fingerprint density at radius 3 is 2.18 bits per heavy atom. The van der Waals surface area contributed by atoms with Crippen LogP contribution in [-0.2, 0) is 11.0 Å². The Labute approximate surface area is 170 Å². The number of phenolic OH excluding ortho intramolecular Hbond substituents is 1. The molecule has 0 aliphatic rings. The maximum Gasteiger partial charge on any atom is 0.416 e. The predicted molar refractivity (Wildman–Crippen MR) is 102 cm³/mol. The van der Waals surface area contributed by atoms with Crippen LogP contribution in [0.4, 0.5) is 13.2 Å². The zero-order chi connectivity index (χ0) is 20.7. The van der Waals surface area contributed by atoms with Crippen molar-refractivity contribution in [1.82, 2.24) is 5.48 Å². The number of unbranched alkanes of at least 4 members (excludes halogenated alkanes) is 1. The fourth-order valence-electron chi connectivity index (χ4n) is 2.19. The molecule has 0 aromatic heterocycles. The van der Waals surface area contributed by atoms with Gasteiger partial charge in [0, 0.05) is 12.1 Å². The molecule has 2 N–H and O–H groups in total. The van der Waals surface area contributed by atoms with Crippen LogP contribution < -0.4 is 10.2 Å². The van der Waals surface area contributed by atoms with Gasteiger partial charge in [-0.3, -0.25) is 10.3 Å². The molecule has 0 fully saturated rings. The molecule has 0 aliphatic heterocycles. The van der Waals surface area contributed by atoms with Gasteiger partial charge in [0.2, 0.25) is 0 Å². The largest absolute Gasteiger partial charge is 0.508 e. The molecule has 4 nitrogen and oxygen atoms in total. The summed E-state index contributed by atoms with van der Waals surface area (Å²) < 4.78 is 43.1. The summed E-state index contributed by atoms with van der Waals surface area (Å²) in [7, 11) is 0. The minimum Gasteiger partial charge on any atom is -0.508 e. The van der Waals surface area contributed by atoms with Gasteiger partial charge in [-0.1, -0.05) is 41.9 Å². The molecule has 0 aliphatic carbocycles. The van der Waals surface area contributed by atoms with E-state index in [0.717, 1.165) is 12.1 Å². The van der Waals surface area contributed by atoms with Crippen molar-refractivity contribution in [2.24, 2.45) is 0 Å². The van der Waals surface area contributed by atoms with E-state index in [1.165, 1.54) is 24.3 Å². The van der Waals surface area contributed by atoms with Gasteiger partial charge in [0.15, 0.2) is 5.75 Å². The Balaban J connectivity index is 1.66. The van der Waals surface area contributed by atoms with E-state index in [0.29, 0.717) is 43.1 Å². The number of hydrogen-bond donors (Lipinski definition) is 2. The molecule has 28 heavy (non-hydrogen) atoms. The van der Waals surface area contributed by atoms with Crippen molar-refractivity contribution in [3.05, 3.63) is 64.1 Å². The number of benzene rings is 2. The summed E-state index contributed by atoms with van der Waals surface area (Å²) in [5, 5.41) is 9.79. The van der Waals surface area contributed by atoms with E-state index >= 15 is 0 Å². The highest BCUT2D eigenvalue weighted by atomic mass is 35.5. The van der Waals surface area contributed by atoms with Gasteiger partial charge >= 0.3 is 6.18 Å². The van der Waals surface area contributed by atoms with E-state index in [1.54, 1.807) is 0 Å². The van der Waals surface area contributed by atoms with Gasteiger partial charge in [0.05, 0.1) is 34.5 Å². The van der Waals surface area contributed by atoms with E-state index in [-0.39, 0.29) is 15.8 Å². The summed E-state index contributed by atoms with van der Waals surface area (Å²) in [6.07, 6.45) is -3.09. The van der Waals surface area contributed by atoms with E-state index in [4.69, 9.17) is 32.8 Å². The van der Waals surface area contributed by atoms with E-state index in [2.05, 4.69) is 12.1 Å². The first-order chi connectivity index (χ1) is 13.2. The normalized spacial score (nSPS) is 11.3. The molecule has 0 spiro atoms. The maximum absolute atomic E-state index is 12.5. The summed E-state index contributed by atoms with van der Waals surface area (Å²) in [6, 6.07) is 7.28. The number of hydroxylamine groups is 1. The van der Waals surface area contributed by atoms with Crippen molar-refractivity contribution in [2.45, 2.75) is 19.0 Å². The molecule has 9 heteroatoms. The van der Waals surface area contributed by atoms with Crippen LogP contribution >= 0.6 is 23.2 Å². The van der Waals surface area contributed by atoms with Gasteiger partial charge in [-0.25, -0.2) is 0 Å². The smallest absolute Gasteiger partial charge is 0.416 e. The Morgan fingerprint density at radius 1 is 1.04 bits per heavy atom. The second-order valence-corrected chi connectivity index (χ2v) is 6.61. The van der Waals surface area contributed by atoms with Gasteiger partial charge in [-0.2, -0.15) is 13.2 Å². The fourth-order valence-corrected chi connectivity index (χ4v) is 2.78. The highest BCUT2D eigenvalue weighted by Gasteiger charge is 2.29. The van der Waals surface area contributed by atoms with Crippen molar-refractivity contribution in [1.29, 1.82) is 0 Å². The highest BCUT2D eigenvalue weighted by Crippen LogP contribution is 2.36. The highest BCUT2D eigenvalue weighted by molar-refractivity contribution is 6.37. The maximum atomic E-state index is 12.5. The lowest BCUT2D eigenvalue weighted by molar-refractivity contribution is -0.137. The summed E-state index contributed by atoms with van der Waals surface area (Å²) >= 11 is 11.9. The minimum atomic E-state index is -4.37. The molecule has 0 unspecified atom stereocenters. The minimum absolute atomic E-state index is 0.0462. The molecule has 2 aromatic rings. The Bertz CT molecular complexity index is 788. The van der Waals surface area contributed by atoms with E-state index in [1.807, 2.05) is 0 Å². The molecule has 0 amide bonds. The predicted octanol–water partition coefficient (Wildman–Crippen LogP) is 6.07. The van der Waals surface area contributed by atoms with Gasteiger partial charge in [-0.05, 0) is 30.5 Å². The third-order valence-corrected chi connectivity index (χ3v) is 4.19. The molecule has 0 bridgehead atoms. The topological polar surface area (TPSA) is 50.7 Å². The lowest BCUT2D eigenvalue weighted by Crippen LogP contribution is -2.14. The van der Waals surface area contributed by atoms with E-state index < -0.39 is 11.7 Å². The van der Waals surface area contributed by atoms with Crippen LogP contribution in [0, 0.1) is 0 Å². The van der Waals surface area contributed by atoms with Crippen LogP contribution in [0.2, 0.25) is 10.0 Å². The Hall–Kier alpha value is -2.09. The van der Waals surface area contributed by atoms with Crippen LogP contribution in [0.5, 0.6) is 11.5 Å². The molecular weight excluding hydrogens is 418 g/mol. The second kappa shape index (κ2) is 9.91. The summed E-state index contributed by atoms with van der Waals surface area (Å²) in [5.41, 5.74) is 2.73. The van der Waals surface area contributed by atoms with Crippen LogP contribution in [0.3, 0.4) is 0 Å². The number of aromatic hydroxyl groups is 1. The van der Waals surface area contributed by atoms with Crippen molar-refractivity contribution in [2.75, 3.05) is 13.2 Å². The van der Waals surface area contributed by atoms with Crippen LogP contribution in [0.25, 0.3) is 5.70 Å². The van der Waals surface area contributed by atoms with Gasteiger partial charge in [-0.15, -0.1) is 0 Å². The summed E-state index contributed by atoms with van der Waals surface area (Å²) in [6.45, 7) is 4.40. The van der Waals surface area contributed by atoms with Crippen molar-refractivity contribution < 1.29 is 27.9 Å². The lowest BCUT2D eigenvalue weighted by atomic mass is 10.1. The molecule has 2 aromatic carbocycles. The number of halogens is 5. The molecule has 0 heterocycles. The van der Waals surface area contributed by atoms with Gasteiger partial charge in [0.1, 0.15) is 5.75 Å². The average molecular weight is 436 g/mol. The monoisotopic (exact) mass is 435 g/mol. The van der Waals surface area contributed by atoms with Crippen LogP contribution in [-0.4, -0.2) is 18.3 Å². The third kappa shape index (κ3) is 6.51. The zero-order valence-corrected chi connectivity index (χ0v) is 16.2. The third-order valence-electron chi connectivity index (χ3n) is 3.63. The summed E-state index contributed by atoms with van der Waals surface area (Å²) in [4.78, 5) is 5.25. The molecule has 152 valence electrons. The zero-order valence-electron chi connectivity index (χ0n) is 14.7. The first-order valence-corrected chi connectivity index (χ1v) is 8.99. The average Bonchev–Trinajstić information content (AvgIpc) is 2.61. The Kier molecular flexibility index (Phi) is 7.86. The molecule has 0 saturated carbocycles. The summed E-state index contributed by atoms with van der Waals surface area (Å²) in [5.74, 6) is 0.256. The molecular formula is C19H18Cl2F3NO3. The van der Waals surface area contributed by atoms with Crippen molar-refractivity contribution in [3.63, 3.8) is 0 Å². The molecule has 2 rings (SSSR count). The number of nitrogens with one attached hydrogen (secondary N) is 1. The fraction of sp³-hybridized carbons (Fsp3) is 0.263. The van der Waals surface area contributed by atoms with Crippen LogP contribution in [0.15, 0.2) is 43.0 Å². The molecule has 0 atom stereocenters. The first kappa shape index (κ1) is 22.2. The lowest BCUT2D eigenvalue weighted by Gasteiger charge is -2.12. The molecule has 0 radical (unpaired) electrons. The Morgan fingerprint density at radius 2 is 1.61 bits per heavy atom. The second-order valence-electron chi connectivity index (χ2n) is 5.80. The number of phenols is 1. The number of rotatable bonds is 9. The van der Waals surface area contributed by atoms with Crippen LogP contribution in [0.1, 0.15) is 24.0 Å². The quantitative estimate of drug-likeness (QED) is 0.370.